The topological polar surface area (TPSA) is 43.9 Å². The van der Waals surface area contributed by atoms with E-state index < -0.39 is 11.7 Å². The third-order valence-corrected chi connectivity index (χ3v) is 5.69. The summed E-state index contributed by atoms with van der Waals surface area (Å²) >= 11 is 3.39. The van der Waals surface area contributed by atoms with Gasteiger partial charge in [0.25, 0.3) is 5.78 Å². The number of aryl methyl sites for hydroxylation is 1. The molecule has 6 heteroatoms. The zero-order chi connectivity index (χ0) is 18.3. The van der Waals surface area contributed by atoms with Gasteiger partial charge in [0.1, 0.15) is 0 Å². The molecule has 0 bridgehead atoms. The minimum atomic E-state index is -0.437. The van der Waals surface area contributed by atoms with Crippen molar-refractivity contribution >= 4 is 39.0 Å². The number of piperazine rings is 1. The van der Waals surface area contributed by atoms with E-state index in [9.17, 15) is 9.59 Å². The molecule has 2 aliphatic rings. The Labute approximate surface area is 161 Å². The molecule has 5 nitrogen and oxygen atoms in total. The van der Waals surface area contributed by atoms with Gasteiger partial charge in [0.05, 0.1) is 17.9 Å². The molecule has 0 atom stereocenters. The van der Waals surface area contributed by atoms with Crippen LogP contribution in [-0.2, 0) is 4.79 Å². The number of halogens is 1. The van der Waals surface area contributed by atoms with Crippen molar-refractivity contribution < 1.29 is 9.59 Å². The second-order valence-electron chi connectivity index (χ2n) is 6.78. The number of benzene rings is 2. The summed E-state index contributed by atoms with van der Waals surface area (Å²) in [4.78, 5) is 30.9. The molecule has 2 heterocycles. The van der Waals surface area contributed by atoms with E-state index >= 15 is 0 Å². The van der Waals surface area contributed by atoms with Gasteiger partial charge < -0.3 is 4.90 Å². The molecule has 0 radical (unpaired) electrons. The summed E-state index contributed by atoms with van der Waals surface area (Å²) in [6.07, 6.45) is 0. The van der Waals surface area contributed by atoms with E-state index in [1.807, 2.05) is 12.1 Å². The van der Waals surface area contributed by atoms with Gasteiger partial charge in [0.15, 0.2) is 0 Å². The lowest BCUT2D eigenvalue weighted by Crippen LogP contribution is -2.51. The molecule has 26 heavy (non-hydrogen) atoms. The van der Waals surface area contributed by atoms with E-state index in [0.717, 1.165) is 26.2 Å². The molecule has 1 saturated heterocycles. The van der Waals surface area contributed by atoms with Crippen molar-refractivity contribution in [2.24, 2.45) is 0 Å². The number of hydrogen-bond donors (Lipinski definition) is 0. The van der Waals surface area contributed by atoms with Gasteiger partial charge in [-0.3, -0.25) is 19.4 Å². The largest absolute Gasteiger partial charge is 0.369 e. The van der Waals surface area contributed by atoms with Crippen LogP contribution in [0.5, 0.6) is 0 Å². The highest BCUT2D eigenvalue weighted by molar-refractivity contribution is 9.10. The van der Waals surface area contributed by atoms with E-state index in [1.165, 1.54) is 11.3 Å². The number of anilines is 2. The quantitative estimate of drug-likeness (QED) is 0.725. The normalized spacial score (nSPS) is 17.8. The summed E-state index contributed by atoms with van der Waals surface area (Å²) in [6.45, 7) is 6.08. The molecule has 2 aromatic rings. The SMILES string of the molecule is Cc1cccc(N2CCN(CN3C(=O)C(=O)c4c(Br)cccc43)CC2)c1. The van der Waals surface area contributed by atoms with Crippen molar-refractivity contribution in [3.05, 3.63) is 58.1 Å². The number of carbonyl (C=O) groups is 2. The zero-order valence-corrected chi connectivity index (χ0v) is 16.2. The lowest BCUT2D eigenvalue weighted by atomic mass is 10.1. The first kappa shape index (κ1) is 17.2. The Kier molecular flexibility index (Phi) is 4.54. The molecule has 0 saturated carbocycles. The second kappa shape index (κ2) is 6.85. The standard InChI is InChI=1S/C20H20BrN3O2/c1-14-4-2-5-15(12-14)23-10-8-22(9-11-23)13-24-17-7-3-6-16(21)18(17)19(25)20(24)26/h2-7,12H,8-11,13H2,1H3. The summed E-state index contributed by atoms with van der Waals surface area (Å²) in [6, 6.07) is 14.0. The van der Waals surface area contributed by atoms with Crippen molar-refractivity contribution in [3.8, 4) is 0 Å². The van der Waals surface area contributed by atoms with Crippen molar-refractivity contribution in [2.45, 2.75) is 6.92 Å². The lowest BCUT2D eigenvalue weighted by Gasteiger charge is -2.37. The molecule has 0 N–H and O–H groups in total. The zero-order valence-electron chi connectivity index (χ0n) is 14.6. The van der Waals surface area contributed by atoms with Gasteiger partial charge in [-0.1, -0.05) is 18.2 Å². The van der Waals surface area contributed by atoms with Crippen LogP contribution in [-0.4, -0.2) is 49.4 Å². The maximum absolute atomic E-state index is 12.4. The Hall–Kier alpha value is -2.18. The van der Waals surface area contributed by atoms with Gasteiger partial charge in [-0.2, -0.15) is 0 Å². The van der Waals surface area contributed by atoms with Gasteiger partial charge in [0, 0.05) is 36.3 Å². The molecule has 134 valence electrons. The monoisotopic (exact) mass is 413 g/mol. The summed E-state index contributed by atoms with van der Waals surface area (Å²) < 4.78 is 0.681. The summed E-state index contributed by atoms with van der Waals surface area (Å²) in [7, 11) is 0. The fourth-order valence-corrected chi connectivity index (χ4v) is 4.15. The molecule has 0 spiro atoms. The Morgan fingerprint density at radius 2 is 1.73 bits per heavy atom. The van der Waals surface area contributed by atoms with Crippen LogP contribution in [0.3, 0.4) is 0 Å². The van der Waals surface area contributed by atoms with Crippen LogP contribution >= 0.6 is 15.9 Å². The van der Waals surface area contributed by atoms with Gasteiger partial charge in [-0.25, -0.2) is 0 Å². The van der Waals surface area contributed by atoms with E-state index in [2.05, 4.69) is 56.9 Å². The predicted octanol–water partition coefficient (Wildman–Crippen LogP) is 3.07. The Bertz CT molecular complexity index is 875. The molecule has 0 aromatic heterocycles. The van der Waals surface area contributed by atoms with Gasteiger partial charge in [-0.05, 0) is 52.7 Å². The molecule has 2 aromatic carbocycles. The number of fused-ring (bicyclic) bond motifs is 1. The molecule has 1 fully saturated rings. The highest BCUT2D eigenvalue weighted by Gasteiger charge is 2.38. The third-order valence-electron chi connectivity index (χ3n) is 5.03. The van der Waals surface area contributed by atoms with Crippen LogP contribution in [0.2, 0.25) is 0 Å². The molecule has 0 aliphatic carbocycles. The van der Waals surface area contributed by atoms with Crippen LogP contribution in [0.15, 0.2) is 46.9 Å². The number of rotatable bonds is 3. The first-order valence-corrected chi connectivity index (χ1v) is 9.52. The number of Topliss-reactive ketones (excluding diaryl/α,β-unsaturated/α-hetero) is 1. The minimum absolute atomic E-state index is 0.425. The smallest absolute Gasteiger partial charge is 0.300 e. The highest BCUT2D eigenvalue weighted by atomic mass is 79.9. The molecule has 4 rings (SSSR count). The Morgan fingerprint density at radius 3 is 2.46 bits per heavy atom. The second-order valence-corrected chi connectivity index (χ2v) is 7.64. The molecule has 2 aliphatic heterocycles. The van der Waals surface area contributed by atoms with Crippen molar-refractivity contribution in [3.63, 3.8) is 0 Å². The van der Waals surface area contributed by atoms with Gasteiger partial charge in [0.2, 0.25) is 0 Å². The summed E-state index contributed by atoms with van der Waals surface area (Å²) in [5.41, 5.74) is 3.69. The van der Waals surface area contributed by atoms with Gasteiger partial charge in [-0.15, -0.1) is 0 Å². The number of amides is 1. The minimum Gasteiger partial charge on any atom is -0.369 e. The summed E-state index contributed by atoms with van der Waals surface area (Å²) in [5.74, 6) is -0.862. The average Bonchev–Trinajstić information content (AvgIpc) is 2.88. The van der Waals surface area contributed by atoms with E-state index in [-0.39, 0.29) is 0 Å². The van der Waals surface area contributed by atoms with Crippen LogP contribution < -0.4 is 9.80 Å². The lowest BCUT2D eigenvalue weighted by molar-refractivity contribution is -0.114. The fraction of sp³-hybridized carbons (Fsp3) is 0.300. The van der Waals surface area contributed by atoms with Crippen molar-refractivity contribution in [2.75, 3.05) is 42.6 Å². The Morgan fingerprint density at radius 1 is 1.00 bits per heavy atom. The van der Waals surface area contributed by atoms with Crippen LogP contribution in [0.4, 0.5) is 11.4 Å². The third kappa shape index (κ3) is 3.04. The number of hydrogen-bond acceptors (Lipinski definition) is 4. The highest BCUT2D eigenvalue weighted by Crippen LogP contribution is 2.34. The summed E-state index contributed by atoms with van der Waals surface area (Å²) in [5, 5.41) is 0. The predicted molar refractivity (Wildman–Crippen MR) is 106 cm³/mol. The first-order valence-electron chi connectivity index (χ1n) is 8.73. The van der Waals surface area contributed by atoms with Crippen LogP contribution in [0, 0.1) is 6.92 Å². The van der Waals surface area contributed by atoms with Crippen molar-refractivity contribution in [1.82, 2.24) is 4.90 Å². The molecule has 0 unspecified atom stereocenters. The molecular formula is C20H20BrN3O2. The van der Waals surface area contributed by atoms with E-state index in [4.69, 9.17) is 0 Å². The number of carbonyl (C=O) groups excluding carboxylic acids is 2. The van der Waals surface area contributed by atoms with E-state index in [0.29, 0.717) is 22.4 Å². The Balaban J connectivity index is 1.45. The fourth-order valence-electron chi connectivity index (χ4n) is 3.61. The van der Waals surface area contributed by atoms with Crippen molar-refractivity contribution in [1.29, 1.82) is 0 Å². The van der Waals surface area contributed by atoms with Crippen LogP contribution in [0.25, 0.3) is 0 Å². The maximum atomic E-state index is 12.4. The molecule has 1 amide bonds. The molecular weight excluding hydrogens is 394 g/mol. The van der Waals surface area contributed by atoms with Gasteiger partial charge >= 0.3 is 5.91 Å². The maximum Gasteiger partial charge on any atom is 0.300 e. The first-order chi connectivity index (χ1) is 12.5. The van der Waals surface area contributed by atoms with Crippen LogP contribution in [0.1, 0.15) is 15.9 Å². The van der Waals surface area contributed by atoms with E-state index in [1.54, 1.807) is 11.0 Å². The average molecular weight is 414 g/mol. The number of nitrogens with zero attached hydrogens (tertiary/aromatic N) is 3. The number of ketones is 1.